The summed E-state index contributed by atoms with van der Waals surface area (Å²) in [5, 5.41) is 11.7. The van der Waals surface area contributed by atoms with E-state index in [1.165, 1.54) is 0 Å². The van der Waals surface area contributed by atoms with Gasteiger partial charge in [-0.15, -0.1) is 0 Å². The fourth-order valence-electron chi connectivity index (χ4n) is 1.70. The average Bonchev–Trinajstić information content (AvgIpc) is 2.77. The molecular formula is C11H19NO3S. The monoisotopic (exact) mass is 245 g/mol. The van der Waals surface area contributed by atoms with Crippen LogP contribution in [-0.4, -0.2) is 34.5 Å². The number of carboxylic acid groups (broad SMARTS) is 1. The number of carbonyl (C=O) groups is 2. The molecule has 1 rings (SSSR count). The van der Waals surface area contributed by atoms with Crippen LogP contribution in [0.25, 0.3) is 0 Å². The van der Waals surface area contributed by atoms with Crippen LogP contribution in [0.2, 0.25) is 0 Å². The van der Waals surface area contributed by atoms with E-state index in [4.69, 9.17) is 5.11 Å². The summed E-state index contributed by atoms with van der Waals surface area (Å²) in [6, 6.07) is -0.747. The van der Waals surface area contributed by atoms with E-state index in [2.05, 4.69) is 5.32 Å². The molecule has 1 unspecified atom stereocenters. The lowest BCUT2D eigenvalue weighted by Gasteiger charge is -2.21. The second-order valence-corrected chi connectivity index (χ2v) is 5.42. The van der Waals surface area contributed by atoms with Crippen LogP contribution < -0.4 is 5.32 Å². The van der Waals surface area contributed by atoms with Crippen LogP contribution in [0.1, 0.15) is 26.7 Å². The SMILES string of the molecule is CC[C@H](C)[C@H](NC(=O)C1CCSC1)C(=O)O. The molecule has 5 heteroatoms. The van der Waals surface area contributed by atoms with Crippen molar-refractivity contribution in [1.29, 1.82) is 0 Å². The molecule has 0 radical (unpaired) electrons. The summed E-state index contributed by atoms with van der Waals surface area (Å²) in [5.74, 6) is 0.746. The maximum absolute atomic E-state index is 11.8. The van der Waals surface area contributed by atoms with E-state index in [9.17, 15) is 9.59 Å². The normalized spacial score (nSPS) is 23.8. The molecule has 2 N–H and O–H groups in total. The first-order valence-corrected chi connectivity index (χ1v) is 6.82. The molecule has 1 aliphatic rings. The molecule has 3 atom stereocenters. The highest BCUT2D eigenvalue weighted by Crippen LogP contribution is 2.23. The van der Waals surface area contributed by atoms with Crippen LogP contribution in [0.5, 0.6) is 0 Å². The quantitative estimate of drug-likeness (QED) is 0.767. The lowest BCUT2D eigenvalue weighted by Crippen LogP contribution is -2.47. The number of carbonyl (C=O) groups excluding carboxylic acids is 1. The van der Waals surface area contributed by atoms with Gasteiger partial charge in [-0.25, -0.2) is 4.79 Å². The van der Waals surface area contributed by atoms with Crippen LogP contribution >= 0.6 is 11.8 Å². The number of rotatable bonds is 5. The summed E-state index contributed by atoms with van der Waals surface area (Å²) >= 11 is 1.75. The summed E-state index contributed by atoms with van der Waals surface area (Å²) in [4.78, 5) is 22.8. The van der Waals surface area contributed by atoms with Crippen LogP contribution in [-0.2, 0) is 9.59 Å². The first kappa shape index (κ1) is 13.4. The van der Waals surface area contributed by atoms with Gasteiger partial charge >= 0.3 is 5.97 Å². The van der Waals surface area contributed by atoms with Crippen molar-refractivity contribution in [1.82, 2.24) is 5.32 Å². The molecule has 0 aromatic carbocycles. The third kappa shape index (κ3) is 3.40. The van der Waals surface area contributed by atoms with Crippen molar-refractivity contribution in [2.75, 3.05) is 11.5 Å². The van der Waals surface area contributed by atoms with E-state index >= 15 is 0 Å². The van der Waals surface area contributed by atoms with Gasteiger partial charge in [-0.05, 0) is 18.1 Å². The maximum atomic E-state index is 11.8. The van der Waals surface area contributed by atoms with Crippen LogP contribution in [0.4, 0.5) is 0 Å². The first-order valence-electron chi connectivity index (χ1n) is 5.67. The van der Waals surface area contributed by atoms with E-state index < -0.39 is 12.0 Å². The fourth-order valence-corrected chi connectivity index (χ4v) is 2.92. The summed E-state index contributed by atoms with van der Waals surface area (Å²) < 4.78 is 0. The van der Waals surface area contributed by atoms with Gasteiger partial charge < -0.3 is 10.4 Å². The van der Waals surface area contributed by atoms with Gasteiger partial charge in [0.2, 0.25) is 5.91 Å². The number of hydrogen-bond donors (Lipinski definition) is 2. The minimum absolute atomic E-state index is 0.00379. The average molecular weight is 245 g/mol. The predicted octanol–water partition coefficient (Wildman–Crippen LogP) is 1.35. The van der Waals surface area contributed by atoms with Crippen molar-refractivity contribution in [2.45, 2.75) is 32.7 Å². The molecule has 1 fully saturated rings. The standard InChI is InChI=1S/C11H19NO3S/c1-3-7(2)9(11(14)15)12-10(13)8-4-5-16-6-8/h7-9H,3-6H2,1-2H3,(H,12,13)(H,14,15)/t7-,8?,9-/m0/s1. The van der Waals surface area contributed by atoms with Gasteiger partial charge in [-0.3, -0.25) is 4.79 Å². The van der Waals surface area contributed by atoms with E-state index in [1.54, 1.807) is 11.8 Å². The smallest absolute Gasteiger partial charge is 0.326 e. The third-order valence-corrected chi connectivity index (χ3v) is 4.24. The Hall–Kier alpha value is -0.710. The molecule has 1 heterocycles. The maximum Gasteiger partial charge on any atom is 0.326 e. The Bertz CT molecular complexity index is 264. The zero-order chi connectivity index (χ0) is 12.1. The molecule has 4 nitrogen and oxygen atoms in total. The molecule has 0 aromatic rings. The van der Waals surface area contributed by atoms with Crippen molar-refractivity contribution in [3.05, 3.63) is 0 Å². The Kier molecular flexibility index (Phi) is 5.12. The van der Waals surface area contributed by atoms with E-state index in [1.807, 2.05) is 13.8 Å². The second kappa shape index (κ2) is 6.13. The minimum Gasteiger partial charge on any atom is -0.480 e. The fraction of sp³-hybridized carbons (Fsp3) is 0.818. The molecule has 1 saturated heterocycles. The second-order valence-electron chi connectivity index (χ2n) is 4.27. The molecular weight excluding hydrogens is 226 g/mol. The predicted molar refractivity (Wildman–Crippen MR) is 64.5 cm³/mol. The van der Waals surface area contributed by atoms with Gasteiger partial charge in [0.15, 0.2) is 0 Å². The molecule has 0 saturated carbocycles. The van der Waals surface area contributed by atoms with Crippen molar-refractivity contribution in [3.63, 3.8) is 0 Å². The van der Waals surface area contributed by atoms with Crippen LogP contribution in [0, 0.1) is 11.8 Å². The number of hydrogen-bond acceptors (Lipinski definition) is 3. The third-order valence-electron chi connectivity index (χ3n) is 3.08. The summed E-state index contributed by atoms with van der Waals surface area (Å²) in [5.41, 5.74) is 0. The molecule has 0 aliphatic carbocycles. The number of aliphatic carboxylic acids is 1. The lowest BCUT2D eigenvalue weighted by atomic mass is 9.98. The van der Waals surface area contributed by atoms with Gasteiger partial charge in [-0.2, -0.15) is 11.8 Å². The highest BCUT2D eigenvalue weighted by atomic mass is 32.2. The number of carboxylic acids is 1. The Morgan fingerprint density at radius 2 is 2.25 bits per heavy atom. The molecule has 1 amide bonds. The van der Waals surface area contributed by atoms with Crippen molar-refractivity contribution in [3.8, 4) is 0 Å². The van der Waals surface area contributed by atoms with E-state index in [0.29, 0.717) is 0 Å². The topological polar surface area (TPSA) is 66.4 Å². The van der Waals surface area contributed by atoms with Gasteiger partial charge in [0, 0.05) is 11.7 Å². The highest BCUT2D eigenvalue weighted by molar-refractivity contribution is 7.99. The largest absolute Gasteiger partial charge is 0.480 e. The number of thioether (sulfide) groups is 1. The number of nitrogens with one attached hydrogen (secondary N) is 1. The molecule has 0 spiro atoms. The summed E-state index contributed by atoms with van der Waals surface area (Å²) in [6.07, 6.45) is 1.61. The Morgan fingerprint density at radius 3 is 2.69 bits per heavy atom. The first-order chi connectivity index (χ1) is 7.56. The van der Waals surface area contributed by atoms with Gasteiger partial charge in [-0.1, -0.05) is 20.3 Å². The van der Waals surface area contributed by atoms with E-state index in [-0.39, 0.29) is 17.7 Å². The van der Waals surface area contributed by atoms with Crippen LogP contribution in [0.3, 0.4) is 0 Å². The zero-order valence-corrected chi connectivity index (χ0v) is 10.5. The Morgan fingerprint density at radius 1 is 1.56 bits per heavy atom. The van der Waals surface area contributed by atoms with Crippen LogP contribution in [0.15, 0.2) is 0 Å². The molecule has 1 aliphatic heterocycles. The highest BCUT2D eigenvalue weighted by Gasteiger charge is 2.30. The summed E-state index contributed by atoms with van der Waals surface area (Å²) in [7, 11) is 0. The van der Waals surface area contributed by atoms with Gasteiger partial charge in [0.25, 0.3) is 0 Å². The molecule has 0 bridgehead atoms. The van der Waals surface area contributed by atoms with Crippen molar-refractivity contribution >= 4 is 23.6 Å². The van der Waals surface area contributed by atoms with Crippen molar-refractivity contribution in [2.24, 2.45) is 11.8 Å². The molecule has 16 heavy (non-hydrogen) atoms. The summed E-state index contributed by atoms with van der Waals surface area (Å²) in [6.45, 7) is 3.78. The molecule has 92 valence electrons. The Balaban J connectivity index is 2.53. The minimum atomic E-state index is -0.937. The van der Waals surface area contributed by atoms with Gasteiger partial charge in [0.05, 0.1) is 0 Å². The number of amides is 1. The zero-order valence-electron chi connectivity index (χ0n) is 9.73. The molecule has 0 aromatic heterocycles. The lowest BCUT2D eigenvalue weighted by molar-refractivity contribution is -0.143. The van der Waals surface area contributed by atoms with E-state index in [0.717, 1.165) is 24.3 Å². The van der Waals surface area contributed by atoms with Gasteiger partial charge in [0.1, 0.15) is 6.04 Å². The Labute approximate surface area is 100 Å². The van der Waals surface area contributed by atoms with Crippen molar-refractivity contribution < 1.29 is 14.7 Å².